The largest absolute Gasteiger partial charge is 0.342 e. The van der Waals surface area contributed by atoms with Crippen LogP contribution in [0.2, 0.25) is 0 Å². The van der Waals surface area contributed by atoms with Gasteiger partial charge in [-0.1, -0.05) is 6.07 Å². The van der Waals surface area contributed by atoms with Gasteiger partial charge in [0.15, 0.2) is 0 Å². The van der Waals surface area contributed by atoms with Gasteiger partial charge in [-0.15, -0.1) is 11.3 Å². The Balaban J connectivity index is 1.74. The van der Waals surface area contributed by atoms with Crippen LogP contribution in [0.1, 0.15) is 6.92 Å². The molecule has 0 radical (unpaired) electrons. The van der Waals surface area contributed by atoms with E-state index in [1.165, 1.54) is 11.3 Å². The second kappa shape index (κ2) is 4.57. The summed E-state index contributed by atoms with van der Waals surface area (Å²) in [5.41, 5.74) is 0. The molecule has 0 saturated carbocycles. The lowest BCUT2D eigenvalue weighted by molar-refractivity contribution is -0.128. The number of carbonyl (C=O) groups is 1. The van der Waals surface area contributed by atoms with Crippen LogP contribution in [0.15, 0.2) is 21.7 Å². The highest BCUT2D eigenvalue weighted by atomic mass is 32.2. The Morgan fingerprint density at radius 1 is 1.26 bits per heavy atom. The van der Waals surface area contributed by atoms with Crippen LogP contribution in [0.3, 0.4) is 0 Å². The third kappa shape index (κ3) is 2.19. The van der Waals surface area contributed by atoms with E-state index in [-0.39, 0.29) is 5.91 Å². The van der Waals surface area contributed by atoms with E-state index in [9.17, 15) is 13.2 Å². The SMILES string of the molecule is CC(=O)N1C[C@@H]2CN(S(=O)(=O)c3cccs3)C[C@H]2C1. The second-order valence-corrected chi connectivity index (χ2v) is 8.31. The minimum Gasteiger partial charge on any atom is -0.342 e. The number of likely N-dealkylation sites (tertiary alicyclic amines) is 1. The first-order chi connectivity index (χ1) is 8.98. The number of hydrogen-bond acceptors (Lipinski definition) is 4. The van der Waals surface area contributed by atoms with Gasteiger partial charge in [0.2, 0.25) is 5.91 Å². The Bertz CT molecular complexity index is 568. The molecule has 2 atom stereocenters. The number of fused-ring (bicyclic) bond motifs is 1. The lowest BCUT2D eigenvalue weighted by Gasteiger charge is -2.19. The van der Waals surface area contributed by atoms with Crippen molar-refractivity contribution in [3.63, 3.8) is 0 Å². The number of rotatable bonds is 2. The lowest BCUT2D eigenvalue weighted by atomic mass is 10.0. The Kier molecular flexibility index (Phi) is 3.15. The first kappa shape index (κ1) is 13.1. The molecule has 19 heavy (non-hydrogen) atoms. The maximum Gasteiger partial charge on any atom is 0.252 e. The Hall–Kier alpha value is -0.920. The van der Waals surface area contributed by atoms with Gasteiger partial charge in [0.25, 0.3) is 10.0 Å². The van der Waals surface area contributed by atoms with Gasteiger partial charge < -0.3 is 4.90 Å². The summed E-state index contributed by atoms with van der Waals surface area (Å²) in [6.07, 6.45) is 0. The molecule has 2 fully saturated rings. The summed E-state index contributed by atoms with van der Waals surface area (Å²) in [5.74, 6) is 0.666. The molecular weight excluding hydrogens is 284 g/mol. The molecule has 2 aliphatic rings. The first-order valence-corrected chi connectivity index (χ1v) is 8.59. The molecule has 3 heterocycles. The minimum atomic E-state index is -3.33. The maximum absolute atomic E-state index is 12.4. The van der Waals surface area contributed by atoms with Crippen molar-refractivity contribution in [3.8, 4) is 0 Å². The fourth-order valence-corrected chi connectivity index (χ4v) is 5.64. The van der Waals surface area contributed by atoms with E-state index in [1.54, 1.807) is 28.7 Å². The predicted molar refractivity (Wildman–Crippen MR) is 72.3 cm³/mol. The van der Waals surface area contributed by atoms with Crippen molar-refractivity contribution in [2.75, 3.05) is 26.2 Å². The number of amides is 1. The fourth-order valence-electron chi connectivity index (χ4n) is 2.94. The standard InChI is InChI=1S/C12H16N2O3S2/c1-9(15)13-5-10-7-14(8-11(10)6-13)19(16,17)12-3-2-4-18-12/h2-4,10-11H,5-8H2,1H3/t10-,11-/m1/s1. The molecule has 0 aliphatic carbocycles. The summed E-state index contributed by atoms with van der Waals surface area (Å²) in [6.45, 7) is 4.03. The van der Waals surface area contributed by atoms with Gasteiger partial charge in [-0.2, -0.15) is 4.31 Å². The molecule has 5 nitrogen and oxygen atoms in total. The van der Waals surface area contributed by atoms with Crippen LogP contribution in [0.25, 0.3) is 0 Å². The summed E-state index contributed by atoms with van der Waals surface area (Å²) < 4.78 is 26.8. The van der Waals surface area contributed by atoms with E-state index in [0.29, 0.717) is 42.2 Å². The van der Waals surface area contributed by atoms with Gasteiger partial charge in [0.05, 0.1) is 0 Å². The maximum atomic E-state index is 12.4. The number of sulfonamides is 1. The fraction of sp³-hybridized carbons (Fsp3) is 0.583. The van der Waals surface area contributed by atoms with Crippen molar-refractivity contribution >= 4 is 27.3 Å². The molecule has 0 bridgehead atoms. The Morgan fingerprint density at radius 2 is 1.89 bits per heavy atom. The zero-order valence-electron chi connectivity index (χ0n) is 10.7. The zero-order valence-corrected chi connectivity index (χ0v) is 12.3. The van der Waals surface area contributed by atoms with E-state index in [4.69, 9.17) is 0 Å². The molecule has 1 aromatic heterocycles. The molecule has 104 valence electrons. The van der Waals surface area contributed by atoms with Crippen molar-refractivity contribution < 1.29 is 13.2 Å². The summed E-state index contributed by atoms with van der Waals surface area (Å²) in [4.78, 5) is 13.2. The van der Waals surface area contributed by atoms with Crippen LogP contribution in [-0.2, 0) is 14.8 Å². The van der Waals surface area contributed by atoms with E-state index in [1.807, 2.05) is 4.90 Å². The van der Waals surface area contributed by atoms with Gasteiger partial charge in [-0.3, -0.25) is 4.79 Å². The number of hydrogen-bond donors (Lipinski definition) is 0. The third-order valence-corrected chi connectivity index (χ3v) is 7.19. The highest BCUT2D eigenvalue weighted by Crippen LogP contribution is 2.34. The van der Waals surface area contributed by atoms with Crippen molar-refractivity contribution in [1.29, 1.82) is 0 Å². The van der Waals surface area contributed by atoms with E-state index in [0.717, 1.165) is 0 Å². The summed E-state index contributed by atoms with van der Waals surface area (Å²) in [5, 5.41) is 1.78. The summed E-state index contributed by atoms with van der Waals surface area (Å²) >= 11 is 1.26. The highest BCUT2D eigenvalue weighted by Gasteiger charge is 2.44. The molecule has 1 aromatic rings. The zero-order chi connectivity index (χ0) is 13.6. The molecule has 0 spiro atoms. The van der Waals surface area contributed by atoms with Crippen LogP contribution in [0.5, 0.6) is 0 Å². The quantitative estimate of drug-likeness (QED) is 0.813. The van der Waals surface area contributed by atoms with Crippen LogP contribution in [-0.4, -0.2) is 49.7 Å². The number of nitrogens with zero attached hydrogens (tertiary/aromatic N) is 2. The summed E-state index contributed by atoms with van der Waals surface area (Å²) in [6, 6.07) is 3.40. The summed E-state index contributed by atoms with van der Waals surface area (Å²) in [7, 11) is -3.33. The lowest BCUT2D eigenvalue weighted by Crippen LogP contribution is -2.34. The molecular formula is C12H16N2O3S2. The van der Waals surface area contributed by atoms with E-state index < -0.39 is 10.0 Å². The van der Waals surface area contributed by atoms with Gasteiger partial charge >= 0.3 is 0 Å². The van der Waals surface area contributed by atoms with Crippen LogP contribution < -0.4 is 0 Å². The van der Waals surface area contributed by atoms with Gasteiger partial charge in [0.1, 0.15) is 4.21 Å². The van der Waals surface area contributed by atoms with Crippen LogP contribution in [0, 0.1) is 11.8 Å². The molecule has 2 saturated heterocycles. The molecule has 3 rings (SSSR count). The first-order valence-electron chi connectivity index (χ1n) is 6.27. The smallest absolute Gasteiger partial charge is 0.252 e. The van der Waals surface area contributed by atoms with Gasteiger partial charge in [-0.25, -0.2) is 8.42 Å². The molecule has 0 unspecified atom stereocenters. The van der Waals surface area contributed by atoms with Crippen LogP contribution >= 0.6 is 11.3 Å². The molecule has 2 aliphatic heterocycles. The van der Waals surface area contributed by atoms with E-state index >= 15 is 0 Å². The van der Waals surface area contributed by atoms with Gasteiger partial charge in [-0.05, 0) is 23.3 Å². The average molecular weight is 300 g/mol. The molecule has 0 aromatic carbocycles. The third-order valence-electron chi connectivity index (χ3n) is 3.99. The van der Waals surface area contributed by atoms with Crippen molar-refractivity contribution in [2.24, 2.45) is 11.8 Å². The molecule has 7 heteroatoms. The van der Waals surface area contributed by atoms with E-state index in [2.05, 4.69) is 0 Å². The second-order valence-electron chi connectivity index (χ2n) is 5.20. The molecule has 0 N–H and O–H groups in total. The molecule has 1 amide bonds. The van der Waals surface area contributed by atoms with Crippen LogP contribution in [0.4, 0.5) is 0 Å². The topological polar surface area (TPSA) is 57.7 Å². The number of carbonyl (C=O) groups excluding carboxylic acids is 1. The van der Waals surface area contributed by atoms with Crippen molar-refractivity contribution in [2.45, 2.75) is 11.1 Å². The monoisotopic (exact) mass is 300 g/mol. The minimum absolute atomic E-state index is 0.0852. The Morgan fingerprint density at radius 3 is 2.37 bits per heavy atom. The normalized spacial score (nSPS) is 27.7. The average Bonchev–Trinajstić information content (AvgIpc) is 3.04. The van der Waals surface area contributed by atoms with Crippen molar-refractivity contribution in [1.82, 2.24) is 9.21 Å². The van der Waals surface area contributed by atoms with Gasteiger partial charge in [0, 0.05) is 33.1 Å². The number of thiophene rings is 1. The van der Waals surface area contributed by atoms with Crippen molar-refractivity contribution in [3.05, 3.63) is 17.5 Å². The Labute approximate surface area is 116 Å². The highest BCUT2D eigenvalue weighted by molar-refractivity contribution is 7.91. The predicted octanol–water partition coefficient (Wildman–Crippen LogP) is 0.847.